The summed E-state index contributed by atoms with van der Waals surface area (Å²) in [6, 6.07) is 6.81. The quantitative estimate of drug-likeness (QED) is 0.825. The van der Waals surface area contributed by atoms with E-state index in [0.29, 0.717) is 22.8 Å². The van der Waals surface area contributed by atoms with Crippen LogP contribution in [0.1, 0.15) is 22.7 Å². The van der Waals surface area contributed by atoms with E-state index < -0.39 is 29.1 Å². The second kappa shape index (κ2) is 7.63. The summed E-state index contributed by atoms with van der Waals surface area (Å²) in [5.41, 5.74) is -2.23. The Morgan fingerprint density at radius 3 is 2.38 bits per heavy atom. The lowest BCUT2D eigenvalue weighted by Gasteiger charge is -2.29. The molecular formula is C17H19F3N2O3S. The molecule has 0 spiro atoms. The van der Waals surface area contributed by atoms with Crippen LogP contribution in [0.2, 0.25) is 0 Å². The Hall–Kier alpha value is -2.13. The number of carbonyl (C=O) groups is 1. The van der Waals surface area contributed by atoms with Gasteiger partial charge in [-0.05, 0) is 24.6 Å². The number of rotatable bonds is 6. The smallest absolute Gasteiger partial charge is 0.424 e. The number of thiazole rings is 1. The minimum Gasteiger partial charge on any atom is -0.497 e. The molecule has 1 unspecified atom stereocenters. The van der Waals surface area contributed by atoms with Crippen molar-refractivity contribution in [2.75, 3.05) is 14.2 Å². The zero-order chi connectivity index (χ0) is 19.5. The summed E-state index contributed by atoms with van der Waals surface area (Å²) in [7, 11) is 2.90. The largest absolute Gasteiger partial charge is 0.497 e. The van der Waals surface area contributed by atoms with E-state index in [2.05, 4.69) is 4.98 Å². The first-order valence-corrected chi connectivity index (χ1v) is 8.53. The van der Waals surface area contributed by atoms with Gasteiger partial charge in [-0.2, -0.15) is 13.2 Å². The van der Waals surface area contributed by atoms with Crippen LogP contribution in [0.5, 0.6) is 5.75 Å². The standard InChI is InChI=1S/C17H19F3N2O3S/c1-11-10-26-15(21-11)16(24,17(18,19)20)8-14(23)22(2)9-12-4-6-13(25-3)7-5-12/h4-7,10,24H,8-9H2,1-3H3. The van der Waals surface area contributed by atoms with Crippen molar-refractivity contribution < 1.29 is 27.8 Å². The van der Waals surface area contributed by atoms with Gasteiger partial charge in [-0.25, -0.2) is 4.98 Å². The molecule has 0 saturated carbocycles. The summed E-state index contributed by atoms with van der Waals surface area (Å²) >= 11 is 0.679. The molecule has 1 heterocycles. The molecule has 0 saturated heterocycles. The summed E-state index contributed by atoms with van der Waals surface area (Å²) in [4.78, 5) is 17.2. The fourth-order valence-electron chi connectivity index (χ4n) is 2.29. The SMILES string of the molecule is COc1ccc(CN(C)C(=O)CC(O)(c2nc(C)cs2)C(F)(F)F)cc1. The minimum absolute atomic E-state index is 0.105. The average molecular weight is 388 g/mol. The topological polar surface area (TPSA) is 62.7 Å². The highest BCUT2D eigenvalue weighted by Gasteiger charge is 2.58. The second-order valence-corrected chi connectivity index (χ2v) is 6.78. The Labute approximate surface area is 153 Å². The molecule has 1 aromatic heterocycles. The highest BCUT2D eigenvalue weighted by molar-refractivity contribution is 7.09. The lowest BCUT2D eigenvalue weighted by molar-refractivity contribution is -0.268. The predicted molar refractivity (Wildman–Crippen MR) is 90.9 cm³/mol. The Bertz CT molecular complexity index is 761. The van der Waals surface area contributed by atoms with E-state index in [0.717, 1.165) is 10.5 Å². The van der Waals surface area contributed by atoms with Crippen molar-refractivity contribution in [3.05, 3.63) is 45.9 Å². The van der Waals surface area contributed by atoms with Gasteiger partial charge in [0, 0.05) is 24.7 Å². The van der Waals surface area contributed by atoms with Gasteiger partial charge in [0.15, 0.2) is 0 Å². The first-order chi connectivity index (χ1) is 12.1. The number of aromatic nitrogens is 1. The number of aryl methyl sites for hydroxylation is 1. The molecule has 1 atom stereocenters. The molecule has 0 aliphatic carbocycles. The van der Waals surface area contributed by atoms with Crippen LogP contribution in [0.3, 0.4) is 0 Å². The van der Waals surface area contributed by atoms with Crippen LogP contribution in [-0.4, -0.2) is 41.2 Å². The average Bonchev–Trinajstić information content (AvgIpc) is 3.01. The third-order valence-electron chi connectivity index (χ3n) is 3.85. The van der Waals surface area contributed by atoms with E-state index in [-0.39, 0.29) is 6.54 Å². The van der Waals surface area contributed by atoms with Crippen LogP contribution in [-0.2, 0) is 16.9 Å². The van der Waals surface area contributed by atoms with Crippen LogP contribution in [0, 0.1) is 6.92 Å². The third-order valence-corrected chi connectivity index (χ3v) is 4.96. The van der Waals surface area contributed by atoms with E-state index in [1.54, 1.807) is 24.3 Å². The van der Waals surface area contributed by atoms with E-state index in [1.165, 1.54) is 26.5 Å². The van der Waals surface area contributed by atoms with E-state index in [1.807, 2.05) is 0 Å². The number of halogens is 3. The number of carbonyl (C=O) groups excluding carboxylic acids is 1. The number of amides is 1. The molecule has 1 N–H and O–H groups in total. The summed E-state index contributed by atoms with van der Waals surface area (Å²) in [6.07, 6.45) is -6.15. The molecule has 1 aromatic carbocycles. The molecule has 2 rings (SSSR count). The fraction of sp³-hybridized carbons (Fsp3) is 0.412. The Kier molecular flexibility index (Phi) is 5.92. The Morgan fingerprint density at radius 1 is 1.31 bits per heavy atom. The van der Waals surface area contributed by atoms with Crippen LogP contribution in [0.4, 0.5) is 13.2 Å². The first-order valence-electron chi connectivity index (χ1n) is 7.65. The van der Waals surface area contributed by atoms with Crippen molar-refractivity contribution in [1.29, 1.82) is 0 Å². The van der Waals surface area contributed by atoms with Crippen molar-refractivity contribution in [2.45, 2.75) is 31.7 Å². The monoisotopic (exact) mass is 388 g/mol. The maximum Gasteiger partial charge on any atom is 0.424 e. The van der Waals surface area contributed by atoms with Crippen LogP contribution in [0.25, 0.3) is 0 Å². The number of alkyl halides is 3. The molecule has 1 amide bonds. The summed E-state index contributed by atoms with van der Waals surface area (Å²) < 4.78 is 45.4. The maximum atomic E-state index is 13.5. The molecule has 2 aromatic rings. The van der Waals surface area contributed by atoms with Gasteiger partial charge in [0.1, 0.15) is 10.8 Å². The number of methoxy groups -OCH3 is 1. The zero-order valence-electron chi connectivity index (χ0n) is 14.5. The summed E-state index contributed by atoms with van der Waals surface area (Å²) in [6.45, 7) is 1.63. The molecule has 9 heteroatoms. The van der Waals surface area contributed by atoms with Gasteiger partial charge in [0.25, 0.3) is 0 Å². The van der Waals surface area contributed by atoms with Crippen LogP contribution in [0.15, 0.2) is 29.6 Å². The molecule has 0 bridgehead atoms. The molecular weight excluding hydrogens is 369 g/mol. The van der Waals surface area contributed by atoms with Crippen molar-refractivity contribution >= 4 is 17.2 Å². The van der Waals surface area contributed by atoms with Crippen molar-refractivity contribution in [3.63, 3.8) is 0 Å². The van der Waals surface area contributed by atoms with Gasteiger partial charge in [0.05, 0.1) is 13.5 Å². The van der Waals surface area contributed by atoms with E-state index >= 15 is 0 Å². The highest BCUT2D eigenvalue weighted by atomic mass is 32.1. The molecule has 0 radical (unpaired) electrons. The molecule has 142 valence electrons. The summed E-state index contributed by atoms with van der Waals surface area (Å²) in [5.74, 6) is -0.207. The lowest BCUT2D eigenvalue weighted by Crippen LogP contribution is -2.46. The van der Waals surface area contributed by atoms with Gasteiger partial charge in [-0.3, -0.25) is 4.79 Å². The van der Waals surface area contributed by atoms with Gasteiger partial charge >= 0.3 is 6.18 Å². The molecule has 0 aliphatic heterocycles. The van der Waals surface area contributed by atoms with Crippen molar-refractivity contribution in [2.24, 2.45) is 0 Å². The van der Waals surface area contributed by atoms with Crippen LogP contribution < -0.4 is 4.74 Å². The number of ether oxygens (including phenoxy) is 1. The zero-order valence-corrected chi connectivity index (χ0v) is 15.3. The molecule has 0 aliphatic rings. The Balaban J connectivity index is 2.15. The molecule has 26 heavy (non-hydrogen) atoms. The second-order valence-electron chi connectivity index (χ2n) is 5.93. The maximum absolute atomic E-state index is 13.5. The normalized spacial score (nSPS) is 14.0. The predicted octanol–water partition coefficient (Wildman–Crippen LogP) is 3.26. The van der Waals surface area contributed by atoms with Gasteiger partial charge in [-0.15, -0.1) is 11.3 Å². The van der Waals surface area contributed by atoms with Crippen LogP contribution >= 0.6 is 11.3 Å². The fourth-order valence-corrected chi connectivity index (χ4v) is 3.20. The summed E-state index contributed by atoms with van der Waals surface area (Å²) in [5, 5.41) is 11.1. The number of nitrogens with zero attached hydrogens (tertiary/aromatic N) is 2. The van der Waals surface area contributed by atoms with E-state index in [9.17, 15) is 23.1 Å². The first kappa shape index (κ1) is 20.2. The number of hydrogen-bond donors (Lipinski definition) is 1. The van der Waals surface area contributed by atoms with Gasteiger partial charge < -0.3 is 14.7 Å². The third kappa shape index (κ3) is 4.34. The number of aliphatic hydroxyl groups is 1. The van der Waals surface area contributed by atoms with Crippen molar-refractivity contribution in [3.8, 4) is 5.75 Å². The lowest BCUT2D eigenvalue weighted by atomic mass is 9.98. The molecule has 5 nitrogen and oxygen atoms in total. The minimum atomic E-state index is -5.02. The number of hydrogen-bond acceptors (Lipinski definition) is 5. The Morgan fingerprint density at radius 2 is 1.92 bits per heavy atom. The number of benzene rings is 1. The van der Waals surface area contributed by atoms with Gasteiger partial charge in [-0.1, -0.05) is 12.1 Å². The van der Waals surface area contributed by atoms with E-state index in [4.69, 9.17) is 4.74 Å². The molecule has 0 fully saturated rings. The van der Waals surface area contributed by atoms with Crippen molar-refractivity contribution in [1.82, 2.24) is 9.88 Å². The van der Waals surface area contributed by atoms with Gasteiger partial charge in [0.2, 0.25) is 11.5 Å². The highest BCUT2D eigenvalue weighted by Crippen LogP contribution is 2.43.